The molecule has 2 aromatic carbocycles. The van der Waals surface area contributed by atoms with Crippen LogP contribution in [-0.4, -0.2) is 40.8 Å². The van der Waals surface area contributed by atoms with Crippen molar-refractivity contribution < 1.29 is 37.1 Å². The van der Waals surface area contributed by atoms with Crippen LogP contribution in [0.2, 0.25) is 0 Å². The number of benzene rings is 2. The van der Waals surface area contributed by atoms with E-state index in [0.29, 0.717) is 34.0 Å². The Balaban J connectivity index is 1.05. The Bertz CT molecular complexity index is 1610. The molecule has 4 aromatic rings. The van der Waals surface area contributed by atoms with Crippen LogP contribution in [0, 0.1) is 0 Å². The van der Waals surface area contributed by atoms with Gasteiger partial charge < -0.3 is 24.0 Å². The molecule has 7 rings (SSSR count). The van der Waals surface area contributed by atoms with Gasteiger partial charge in [0.15, 0.2) is 0 Å². The van der Waals surface area contributed by atoms with Crippen molar-refractivity contribution in [1.82, 2.24) is 5.16 Å². The van der Waals surface area contributed by atoms with Crippen LogP contribution in [0.25, 0.3) is 21.7 Å². The molecule has 3 atom stereocenters. The van der Waals surface area contributed by atoms with E-state index in [0.717, 1.165) is 54.7 Å². The van der Waals surface area contributed by atoms with Gasteiger partial charge in [-0.25, -0.2) is 4.79 Å². The second-order valence-corrected chi connectivity index (χ2v) is 12.5. The Kier molecular flexibility index (Phi) is 7.17. The maximum Gasteiger partial charge on any atom is 0.573 e. The fourth-order valence-corrected chi connectivity index (χ4v) is 7.36. The number of nitrogens with zero attached hydrogens (tertiary/aromatic N) is 2. The third-order valence-electron chi connectivity index (χ3n) is 8.55. The van der Waals surface area contributed by atoms with Crippen molar-refractivity contribution in [3.8, 4) is 27.4 Å². The highest BCUT2D eigenvalue weighted by Gasteiger charge is 2.42. The van der Waals surface area contributed by atoms with Gasteiger partial charge in [-0.3, -0.25) is 0 Å². The number of alkyl halides is 3. The van der Waals surface area contributed by atoms with E-state index in [1.54, 1.807) is 18.2 Å². The number of hydrogen-bond donors (Lipinski definition) is 1. The molecule has 0 radical (unpaired) electrons. The maximum absolute atomic E-state index is 13.1. The molecule has 1 aliphatic carbocycles. The summed E-state index contributed by atoms with van der Waals surface area (Å²) in [6.45, 7) is 0.211. The molecule has 43 heavy (non-hydrogen) atoms. The highest BCUT2D eigenvalue weighted by Crippen LogP contribution is 2.47. The fraction of sp³-hybridized carbons (Fsp3) is 0.375. The molecule has 2 aliphatic heterocycles. The number of carbonyl (C=O) groups is 1. The minimum absolute atomic E-state index is 0.00468. The monoisotopic (exact) mass is 610 g/mol. The summed E-state index contributed by atoms with van der Waals surface area (Å²) in [6, 6.07) is 18.4. The van der Waals surface area contributed by atoms with E-state index in [4.69, 9.17) is 9.26 Å². The van der Waals surface area contributed by atoms with E-state index in [1.165, 1.54) is 23.5 Å². The van der Waals surface area contributed by atoms with Crippen molar-refractivity contribution in [3.05, 3.63) is 76.9 Å². The van der Waals surface area contributed by atoms with Gasteiger partial charge in [-0.1, -0.05) is 29.4 Å². The van der Waals surface area contributed by atoms with Gasteiger partial charge in [0.2, 0.25) is 0 Å². The average Bonchev–Trinajstić information content (AvgIpc) is 3.42. The number of halogens is 3. The molecule has 1 N–H and O–H groups in total. The minimum atomic E-state index is -4.82. The van der Waals surface area contributed by atoms with Gasteiger partial charge in [-0.2, -0.15) is 0 Å². The predicted octanol–water partition coefficient (Wildman–Crippen LogP) is 8.26. The van der Waals surface area contributed by atoms with Crippen LogP contribution in [0.15, 0.2) is 65.2 Å². The SMILES string of the molecule is O=C(O)c1ccc(-c2ccc(N3[C@@H]4CC[C@H]3C[C@H](OCc3c(-c5ccccc5OC(F)(F)F)noc3C3CC3)C4)cc2)s1. The van der Waals surface area contributed by atoms with Crippen LogP contribution in [0.3, 0.4) is 0 Å². The number of anilines is 1. The quantitative estimate of drug-likeness (QED) is 0.204. The van der Waals surface area contributed by atoms with E-state index in [9.17, 15) is 23.1 Å². The molecule has 7 nitrogen and oxygen atoms in total. The standard InChI is InChI=1S/C32H29F3N2O5S/c33-32(34,35)41-26-4-2-1-3-24(26)29-25(30(42-36-29)19-5-6-19)17-40-23-15-21-11-12-22(16-23)37(21)20-9-7-18(8-10-20)27-13-14-28(43-27)31(38)39/h1-4,7-10,13-14,19,21-23H,5-6,11-12,15-17H2,(H,38,39)/t21-,22+,23-. The van der Waals surface area contributed by atoms with Crippen molar-refractivity contribution in [2.45, 2.75) is 75.6 Å². The van der Waals surface area contributed by atoms with Crippen molar-refractivity contribution in [2.75, 3.05) is 4.90 Å². The first-order valence-corrected chi connectivity index (χ1v) is 15.2. The first-order valence-electron chi connectivity index (χ1n) is 14.4. The predicted molar refractivity (Wildman–Crippen MR) is 154 cm³/mol. The minimum Gasteiger partial charge on any atom is -0.477 e. The number of para-hydroxylation sites is 1. The van der Waals surface area contributed by atoms with Gasteiger partial charge in [0, 0.05) is 39.7 Å². The molecule has 0 unspecified atom stereocenters. The first-order chi connectivity index (χ1) is 20.7. The van der Waals surface area contributed by atoms with Crippen LogP contribution >= 0.6 is 11.3 Å². The molecular formula is C32H29F3N2O5S. The summed E-state index contributed by atoms with van der Waals surface area (Å²) in [7, 11) is 0. The van der Waals surface area contributed by atoms with Crippen molar-refractivity contribution in [1.29, 1.82) is 0 Å². The maximum atomic E-state index is 13.1. The zero-order chi connectivity index (χ0) is 29.7. The third-order valence-corrected chi connectivity index (χ3v) is 9.68. The largest absolute Gasteiger partial charge is 0.573 e. The molecule has 224 valence electrons. The van der Waals surface area contributed by atoms with Crippen LogP contribution in [0.4, 0.5) is 18.9 Å². The van der Waals surface area contributed by atoms with Crippen molar-refractivity contribution in [2.24, 2.45) is 0 Å². The summed E-state index contributed by atoms with van der Waals surface area (Å²) in [5.74, 6) is -0.329. The van der Waals surface area contributed by atoms with Gasteiger partial charge in [0.25, 0.3) is 0 Å². The van der Waals surface area contributed by atoms with Crippen LogP contribution < -0.4 is 9.64 Å². The number of hydrogen-bond acceptors (Lipinski definition) is 7. The molecule has 0 spiro atoms. The van der Waals surface area contributed by atoms with E-state index in [-0.39, 0.29) is 29.9 Å². The Hall–Kier alpha value is -3.83. The van der Waals surface area contributed by atoms with Gasteiger partial charge in [-0.15, -0.1) is 24.5 Å². The number of carboxylic acid groups (broad SMARTS) is 1. The summed E-state index contributed by atoms with van der Waals surface area (Å²) < 4.78 is 55.8. The van der Waals surface area contributed by atoms with Crippen LogP contribution in [-0.2, 0) is 11.3 Å². The number of rotatable bonds is 9. The molecule has 2 aromatic heterocycles. The lowest BCUT2D eigenvalue weighted by atomic mass is 9.98. The van der Waals surface area contributed by atoms with E-state index in [2.05, 4.69) is 26.9 Å². The lowest BCUT2D eigenvalue weighted by Crippen LogP contribution is -2.45. The van der Waals surface area contributed by atoms with E-state index >= 15 is 0 Å². The second-order valence-electron chi connectivity index (χ2n) is 11.4. The van der Waals surface area contributed by atoms with Gasteiger partial charge in [0.1, 0.15) is 22.1 Å². The molecule has 3 fully saturated rings. The number of aromatic nitrogens is 1. The van der Waals surface area contributed by atoms with Crippen molar-refractivity contribution >= 4 is 23.0 Å². The van der Waals surface area contributed by atoms with Gasteiger partial charge in [0.05, 0.1) is 12.7 Å². The van der Waals surface area contributed by atoms with Gasteiger partial charge in [-0.05, 0) is 80.5 Å². The zero-order valence-electron chi connectivity index (χ0n) is 23.0. The van der Waals surface area contributed by atoms with Crippen LogP contribution in [0.1, 0.15) is 65.4 Å². The summed E-state index contributed by atoms with van der Waals surface area (Å²) >= 11 is 1.26. The Morgan fingerprint density at radius 2 is 1.72 bits per heavy atom. The first kappa shape index (κ1) is 28.0. The second kappa shape index (κ2) is 11.0. The smallest absolute Gasteiger partial charge is 0.477 e. The normalized spacial score (nSPS) is 21.7. The number of carboxylic acids is 1. The summed E-state index contributed by atoms with van der Waals surface area (Å²) in [6.07, 6.45) is 0.909. The van der Waals surface area contributed by atoms with Gasteiger partial charge >= 0.3 is 12.3 Å². The molecule has 1 saturated carbocycles. The summed E-state index contributed by atoms with van der Waals surface area (Å²) in [5, 5.41) is 13.4. The highest BCUT2D eigenvalue weighted by molar-refractivity contribution is 7.17. The lowest BCUT2D eigenvalue weighted by molar-refractivity contribution is -0.274. The van der Waals surface area contributed by atoms with E-state index in [1.807, 2.05) is 18.2 Å². The topological polar surface area (TPSA) is 85.0 Å². The number of aromatic carboxylic acids is 1. The molecule has 2 saturated heterocycles. The number of thiophene rings is 1. The summed E-state index contributed by atoms with van der Waals surface area (Å²) in [4.78, 5) is 15.0. The number of piperidine rings is 1. The number of fused-ring (bicyclic) bond motifs is 2. The molecule has 0 amide bonds. The molecule has 11 heteroatoms. The zero-order valence-corrected chi connectivity index (χ0v) is 23.9. The fourth-order valence-electron chi connectivity index (χ4n) is 6.51. The molecule has 3 aliphatic rings. The van der Waals surface area contributed by atoms with E-state index < -0.39 is 12.3 Å². The summed E-state index contributed by atoms with van der Waals surface area (Å²) in [5.41, 5.74) is 3.40. The lowest BCUT2D eigenvalue weighted by Gasteiger charge is -2.40. The third kappa shape index (κ3) is 5.75. The Labute approximate surface area is 249 Å². The van der Waals surface area contributed by atoms with Crippen LogP contribution in [0.5, 0.6) is 5.75 Å². The molecule has 4 heterocycles. The Morgan fingerprint density at radius 3 is 2.37 bits per heavy atom. The number of ether oxygens (including phenoxy) is 2. The Morgan fingerprint density at radius 1 is 1.00 bits per heavy atom. The molecule has 2 bridgehead atoms. The van der Waals surface area contributed by atoms with Crippen molar-refractivity contribution in [3.63, 3.8) is 0 Å². The highest BCUT2D eigenvalue weighted by atomic mass is 32.1. The average molecular weight is 611 g/mol. The molecular weight excluding hydrogens is 581 g/mol.